The van der Waals surface area contributed by atoms with E-state index in [0.717, 1.165) is 20.1 Å². The number of anilines is 1. The second-order valence-corrected chi connectivity index (χ2v) is 9.75. The molecule has 132 valence electrons. The van der Waals surface area contributed by atoms with Gasteiger partial charge in [-0.25, -0.2) is 12.4 Å². The molecule has 0 bridgehead atoms. The minimum atomic E-state index is -3.67. The predicted octanol–water partition coefficient (Wildman–Crippen LogP) is 3.89. The van der Waals surface area contributed by atoms with Gasteiger partial charge >= 0.3 is 0 Å². The summed E-state index contributed by atoms with van der Waals surface area (Å²) < 4.78 is 28.3. The lowest BCUT2D eigenvalue weighted by Crippen LogP contribution is -2.11. The van der Waals surface area contributed by atoms with E-state index in [1.165, 1.54) is 15.3 Å². The van der Waals surface area contributed by atoms with Gasteiger partial charge in [-0.15, -0.1) is 10.2 Å². The highest BCUT2D eigenvalue weighted by Crippen LogP contribution is 2.32. The molecule has 0 aliphatic carbocycles. The third-order valence-corrected chi connectivity index (χ3v) is 7.34. The molecule has 6 nitrogen and oxygen atoms in total. The molecule has 2 heterocycles. The molecule has 9 heteroatoms. The summed E-state index contributed by atoms with van der Waals surface area (Å²) in [6.45, 7) is 1.92. The minimum absolute atomic E-state index is 0.261. The fourth-order valence-corrected chi connectivity index (χ4v) is 5.54. The summed E-state index contributed by atoms with van der Waals surface area (Å²) in [7, 11) is -3.67. The Morgan fingerprint density at radius 2 is 1.85 bits per heavy atom. The number of nitrogens with zero attached hydrogens (tertiary/aromatic N) is 3. The van der Waals surface area contributed by atoms with Gasteiger partial charge in [0.25, 0.3) is 10.0 Å². The molecular weight excluding hydrogens is 483 g/mol. The lowest BCUT2D eigenvalue weighted by molar-refractivity contribution is 0.589. The van der Waals surface area contributed by atoms with Crippen LogP contribution in [0.4, 0.5) is 5.13 Å². The zero-order valence-electron chi connectivity index (χ0n) is 13.5. The van der Waals surface area contributed by atoms with Crippen LogP contribution >= 0.6 is 33.9 Å². The second kappa shape index (κ2) is 6.32. The van der Waals surface area contributed by atoms with Crippen LogP contribution in [0.25, 0.3) is 21.5 Å². The maximum absolute atomic E-state index is 13.1. The van der Waals surface area contributed by atoms with E-state index in [1.807, 2.05) is 19.1 Å². The molecule has 0 amide bonds. The lowest BCUT2D eigenvalue weighted by atomic mass is 10.2. The summed E-state index contributed by atoms with van der Waals surface area (Å²) in [5.41, 5.74) is 8.14. The van der Waals surface area contributed by atoms with Crippen molar-refractivity contribution in [1.82, 2.24) is 14.2 Å². The maximum atomic E-state index is 13.1. The minimum Gasteiger partial charge on any atom is -0.374 e. The normalized spacial score (nSPS) is 11.9. The fraction of sp³-hybridized carbons (Fsp3) is 0.0588. The number of rotatable bonds is 3. The van der Waals surface area contributed by atoms with Gasteiger partial charge in [-0.3, -0.25) is 0 Å². The Balaban J connectivity index is 1.88. The highest BCUT2D eigenvalue weighted by atomic mass is 127. The largest absolute Gasteiger partial charge is 0.374 e. The Kier molecular flexibility index (Phi) is 4.24. The molecule has 0 saturated heterocycles. The highest BCUT2D eigenvalue weighted by molar-refractivity contribution is 14.1. The first-order valence-electron chi connectivity index (χ1n) is 7.58. The van der Waals surface area contributed by atoms with Crippen LogP contribution in [0.1, 0.15) is 5.56 Å². The molecule has 0 spiro atoms. The number of aromatic nitrogens is 3. The van der Waals surface area contributed by atoms with Crippen molar-refractivity contribution >= 4 is 60.0 Å². The number of nitrogens with two attached hydrogens (primary N) is 1. The van der Waals surface area contributed by atoms with Gasteiger partial charge in [-0.05, 0) is 59.8 Å². The molecule has 0 aliphatic heterocycles. The maximum Gasteiger partial charge on any atom is 0.268 e. The third kappa shape index (κ3) is 2.89. The first kappa shape index (κ1) is 17.4. The first-order valence-corrected chi connectivity index (χ1v) is 10.9. The van der Waals surface area contributed by atoms with Gasteiger partial charge in [0, 0.05) is 20.7 Å². The van der Waals surface area contributed by atoms with Crippen molar-refractivity contribution in [3.63, 3.8) is 0 Å². The van der Waals surface area contributed by atoms with Crippen LogP contribution < -0.4 is 5.73 Å². The van der Waals surface area contributed by atoms with Crippen molar-refractivity contribution in [2.24, 2.45) is 0 Å². The Hall–Kier alpha value is -1.98. The predicted molar refractivity (Wildman–Crippen MR) is 112 cm³/mol. The van der Waals surface area contributed by atoms with Crippen LogP contribution in [-0.4, -0.2) is 22.6 Å². The van der Waals surface area contributed by atoms with Gasteiger partial charge in [-0.1, -0.05) is 29.0 Å². The molecule has 26 heavy (non-hydrogen) atoms. The molecule has 0 fully saturated rings. The van der Waals surface area contributed by atoms with Crippen molar-refractivity contribution in [1.29, 1.82) is 0 Å². The van der Waals surface area contributed by atoms with Crippen LogP contribution in [0.5, 0.6) is 0 Å². The zero-order valence-corrected chi connectivity index (χ0v) is 17.3. The number of halogens is 1. The van der Waals surface area contributed by atoms with Crippen molar-refractivity contribution in [3.05, 3.63) is 57.8 Å². The monoisotopic (exact) mass is 496 g/mol. The Morgan fingerprint density at radius 3 is 2.50 bits per heavy atom. The summed E-state index contributed by atoms with van der Waals surface area (Å²) >= 11 is 3.44. The summed E-state index contributed by atoms with van der Waals surface area (Å²) in [5, 5.41) is 9.82. The molecule has 4 rings (SSSR count). The van der Waals surface area contributed by atoms with Crippen LogP contribution in [0.2, 0.25) is 0 Å². The topological polar surface area (TPSA) is 90.9 Å². The number of nitrogen functional groups attached to an aromatic ring is 1. The van der Waals surface area contributed by atoms with Gasteiger partial charge in [0.05, 0.1) is 10.4 Å². The smallest absolute Gasteiger partial charge is 0.268 e. The Labute approximate surface area is 167 Å². The van der Waals surface area contributed by atoms with Crippen LogP contribution in [0.3, 0.4) is 0 Å². The molecule has 2 aromatic carbocycles. The molecule has 0 aliphatic rings. The Morgan fingerprint density at radius 1 is 1.12 bits per heavy atom. The van der Waals surface area contributed by atoms with E-state index in [2.05, 4.69) is 32.8 Å². The van der Waals surface area contributed by atoms with Gasteiger partial charge in [0.15, 0.2) is 0 Å². The van der Waals surface area contributed by atoms with E-state index in [4.69, 9.17) is 5.73 Å². The summed E-state index contributed by atoms with van der Waals surface area (Å²) in [4.78, 5) is 0.261. The molecule has 0 unspecified atom stereocenters. The van der Waals surface area contributed by atoms with Crippen molar-refractivity contribution in [2.75, 3.05) is 5.73 Å². The van der Waals surface area contributed by atoms with E-state index < -0.39 is 10.0 Å². The number of hydrogen-bond donors (Lipinski definition) is 1. The molecule has 0 saturated carbocycles. The summed E-state index contributed by atoms with van der Waals surface area (Å²) in [5.74, 6) is 0. The van der Waals surface area contributed by atoms with Gasteiger partial charge in [0.2, 0.25) is 5.13 Å². The van der Waals surface area contributed by atoms with Crippen LogP contribution in [-0.2, 0) is 10.0 Å². The molecular formula is C17H13IN4O2S2. The van der Waals surface area contributed by atoms with Gasteiger partial charge in [-0.2, -0.15) is 0 Å². The van der Waals surface area contributed by atoms with E-state index >= 15 is 0 Å². The number of aryl methyl sites for hydroxylation is 1. The third-order valence-electron chi connectivity index (χ3n) is 3.99. The van der Waals surface area contributed by atoms with Crippen molar-refractivity contribution < 1.29 is 8.42 Å². The lowest BCUT2D eigenvalue weighted by Gasteiger charge is -2.08. The quantitative estimate of drug-likeness (QED) is 0.435. The van der Waals surface area contributed by atoms with Crippen LogP contribution in [0.15, 0.2) is 53.6 Å². The SMILES string of the molecule is Cc1ccc(S(=O)(=O)n2cc(I)c3cc(-c4nnc(N)s4)ccc32)cc1. The van der Waals surface area contributed by atoms with Gasteiger partial charge in [0.1, 0.15) is 5.01 Å². The molecule has 4 aromatic rings. The van der Waals surface area contributed by atoms with E-state index in [-0.39, 0.29) is 4.90 Å². The molecule has 2 aromatic heterocycles. The summed E-state index contributed by atoms with van der Waals surface area (Å²) in [6.07, 6.45) is 1.64. The highest BCUT2D eigenvalue weighted by Gasteiger charge is 2.21. The fourth-order valence-electron chi connectivity index (χ4n) is 2.67. The van der Waals surface area contributed by atoms with Crippen molar-refractivity contribution in [2.45, 2.75) is 11.8 Å². The summed E-state index contributed by atoms with van der Waals surface area (Å²) in [6, 6.07) is 12.4. The van der Waals surface area contributed by atoms with E-state index in [1.54, 1.807) is 36.5 Å². The van der Waals surface area contributed by atoms with E-state index in [0.29, 0.717) is 15.7 Å². The van der Waals surface area contributed by atoms with Crippen molar-refractivity contribution in [3.8, 4) is 10.6 Å². The zero-order chi connectivity index (χ0) is 18.5. The second-order valence-electron chi connectivity index (χ2n) is 5.77. The molecule has 0 atom stereocenters. The number of hydrogen-bond acceptors (Lipinski definition) is 6. The molecule has 2 N–H and O–H groups in total. The Bertz CT molecular complexity index is 1230. The molecule has 0 radical (unpaired) electrons. The standard InChI is InChI=1S/C17H13IN4O2S2/c1-10-2-5-12(6-3-10)26(23,24)22-9-14(18)13-8-11(4-7-15(13)22)16-20-21-17(19)25-16/h2-9H,1H3,(H2,19,21). The number of fused-ring (bicyclic) bond motifs is 1. The van der Waals surface area contributed by atoms with Crippen LogP contribution in [0, 0.1) is 10.5 Å². The van der Waals surface area contributed by atoms with Gasteiger partial charge < -0.3 is 5.73 Å². The van der Waals surface area contributed by atoms with E-state index in [9.17, 15) is 8.42 Å². The number of benzene rings is 2. The average Bonchev–Trinajstić information content (AvgIpc) is 3.19. The first-order chi connectivity index (χ1) is 12.4. The average molecular weight is 496 g/mol.